The second-order valence-electron chi connectivity index (χ2n) is 10.2. The number of hydrogen-bond acceptors (Lipinski definition) is 5. The van der Waals surface area contributed by atoms with Gasteiger partial charge in [0.25, 0.3) is 5.91 Å². The predicted molar refractivity (Wildman–Crippen MR) is 143 cm³/mol. The molecule has 37 heavy (non-hydrogen) atoms. The van der Waals surface area contributed by atoms with Crippen molar-refractivity contribution in [2.24, 2.45) is 0 Å². The molecule has 2 aliphatic heterocycles. The van der Waals surface area contributed by atoms with Gasteiger partial charge < -0.3 is 20.4 Å². The van der Waals surface area contributed by atoms with Gasteiger partial charge in [-0.25, -0.2) is 4.79 Å². The Hall–Kier alpha value is -4.33. The van der Waals surface area contributed by atoms with Crippen LogP contribution in [0, 0.1) is 6.92 Å². The minimum atomic E-state index is -0.860. The second-order valence-corrected chi connectivity index (χ2v) is 10.2. The van der Waals surface area contributed by atoms with Gasteiger partial charge in [0.05, 0.1) is 24.6 Å². The highest BCUT2D eigenvalue weighted by molar-refractivity contribution is 6.07. The first-order chi connectivity index (χ1) is 17.9. The van der Waals surface area contributed by atoms with Crippen molar-refractivity contribution in [3.05, 3.63) is 89.0 Å². The fourth-order valence-corrected chi connectivity index (χ4v) is 5.80. The van der Waals surface area contributed by atoms with E-state index in [2.05, 4.69) is 63.0 Å². The minimum absolute atomic E-state index is 0.0783. The Morgan fingerprint density at radius 3 is 2.62 bits per heavy atom. The van der Waals surface area contributed by atoms with Crippen molar-refractivity contribution in [3.8, 4) is 0 Å². The summed E-state index contributed by atoms with van der Waals surface area (Å²) in [6, 6.07) is 22.0. The molecule has 2 heterocycles. The fraction of sp³-hybridized carbons (Fsp3) is 0.276. The van der Waals surface area contributed by atoms with E-state index in [1.54, 1.807) is 0 Å². The van der Waals surface area contributed by atoms with Gasteiger partial charge in [-0.2, -0.15) is 0 Å². The number of benzene rings is 3. The number of rotatable bonds is 5. The summed E-state index contributed by atoms with van der Waals surface area (Å²) in [5.74, 6) is -0.339. The Balaban J connectivity index is 1.15. The van der Waals surface area contributed by atoms with Crippen molar-refractivity contribution >= 4 is 34.9 Å². The second kappa shape index (κ2) is 8.96. The maximum Gasteiger partial charge on any atom is 0.322 e. The Morgan fingerprint density at radius 2 is 1.84 bits per heavy atom. The van der Waals surface area contributed by atoms with Gasteiger partial charge >= 0.3 is 6.03 Å². The van der Waals surface area contributed by atoms with Gasteiger partial charge in [0.15, 0.2) is 0 Å². The summed E-state index contributed by atoms with van der Waals surface area (Å²) in [4.78, 5) is 41.6. The largest absolute Gasteiger partial charge is 0.348 e. The summed E-state index contributed by atoms with van der Waals surface area (Å²) in [6.45, 7) is 3.75. The molecular weight excluding hydrogens is 466 g/mol. The van der Waals surface area contributed by atoms with Gasteiger partial charge in [0, 0.05) is 18.7 Å². The maximum absolute atomic E-state index is 13.1. The molecule has 8 nitrogen and oxygen atoms in total. The summed E-state index contributed by atoms with van der Waals surface area (Å²) in [5, 5.41) is 8.22. The molecule has 8 heteroatoms. The van der Waals surface area contributed by atoms with Crippen LogP contribution in [0.1, 0.15) is 28.7 Å². The molecule has 1 saturated heterocycles. The average molecular weight is 496 g/mol. The maximum atomic E-state index is 13.1. The molecule has 3 aromatic rings. The number of urea groups is 1. The third kappa shape index (κ3) is 4.28. The third-order valence-corrected chi connectivity index (χ3v) is 7.58. The van der Waals surface area contributed by atoms with Gasteiger partial charge in [-0.15, -0.1) is 0 Å². The third-order valence-electron chi connectivity index (χ3n) is 7.58. The van der Waals surface area contributed by atoms with E-state index in [4.69, 9.17) is 0 Å². The standard InChI is InChI=1S/C29H29N5O3/c1-19-6-5-9-24-26(19)34(18-33(24)16-20-7-3-2-4-8-20)17-25(35)30-23-11-10-22-15-29(13-12-21(22)14-23)27(36)31-28(37)32-29/h2-11,14H,12-13,15-18H2,1H3,(H,30,35)(H2,31,32,36,37). The summed E-state index contributed by atoms with van der Waals surface area (Å²) in [7, 11) is 0. The number of nitrogens with zero attached hydrogens (tertiary/aromatic N) is 2. The smallest absolute Gasteiger partial charge is 0.322 e. The highest BCUT2D eigenvalue weighted by Gasteiger charge is 2.47. The quantitative estimate of drug-likeness (QED) is 0.471. The van der Waals surface area contributed by atoms with E-state index in [1.165, 1.54) is 5.56 Å². The SMILES string of the molecule is Cc1cccc2c1N(CC(=O)Nc1ccc3c(c1)CCC1(C3)NC(=O)NC1=O)CN2Cc1ccccc1. The lowest BCUT2D eigenvalue weighted by atomic mass is 9.78. The molecule has 1 unspecified atom stereocenters. The van der Waals surface area contributed by atoms with E-state index >= 15 is 0 Å². The van der Waals surface area contributed by atoms with Crippen molar-refractivity contribution < 1.29 is 14.4 Å². The first-order valence-electron chi connectivity index (χ1n) is 12.6. The van der Waals surface area contributed by atoms with Crippen molar-refractivity contribution in [3.63, 3.8) is 0 Å². The minimum Gasteiger partial charge on any atom is -0.348 e. The summed E-state index contributed by atoms with van der Waals surface area (Å²) >= 11 is 0. The molecule has 3 N–H and O–H groups in total. The molecule has 0 saturated carbocycles. The molecular formula is C29H29N5O3. The number of anilines is 3. The fourth-order valence-electron chi connectivity index (χ4n) is 5.80. The summed E-state index contributed by atoms with van der Waals surface area (Å²) < 4.78 is 0. The van der Waals surface area contributed by atoms with E-state index in [9.17, 15) is 14.4 Å². The van der Waals surface area contributed by atoms with Crippen LogP contribution >= 0.6 is 0 Å². The lowest BCUT2D eigenvalue weighted by molar-refractivity contribution is -0.124. The number of fused-ring (bicyclic) bond motifs is 2. The first-order valence-corrected chi connectivity index (χ1v) is 12.6. The number of amides is 4. The van der Waals surface area contributed by atoms with Crippen LogP contribution in [0.3, 0.4) is 0 Å². The zero-order valence-electron chi connectivity index (χ0n) is 20.7. The highest BCUT2D eigenvalue weighted by Crippen LogP contribution is 2.39. The molecule has 0 aromatic heterocycles. The number of aryl methyl sites for hydroxylation is 2. The number of carbonyl (C=O) groups is 3. The van der Waals surface area contributed by atoms with Crippen LogP contribution in [0.25, 0.3) is 0 Å². The number of carbonyl (C=O) groups excluding carboxylic acids is 3. The van der Waals surface area contributed by atoms with Crippen molar-refractivity contribution in [1.29, 1.82) is 0 Å². The van der Waals surface area contributed by atoms with E-state index in [-0.39, 0.29) is 18.4 Å². The molecule has 3 aromatic carbocycles. The number of hydrogen-bond donors (Lipinski definition) is 3. The Bertz CT molecular complexity index is 1410. The molecule has 1 fully saturated rings. The van der Waals surface area contributed by atoms with Crippen molar-refractivity contribution in [2.45, 2.75) is 38.3 Å². The molecule has 3 aliphatic rings. The molecule has 1 aliphatic carbocycles. The van der Waals surface area contributed by atoms with Gasteiger partial charge in [0.1, 0.15) is 5.54 Å². The van der Waals surface area contributed by atoms with Gasteiger partial charge in [-0.05, 0) is 60.2 Å². The summed E-state index contributed by atoms with van der Waals surface area (Å²) in [5.41, 5.74) is 6.60. The molecule has 0 bridgehead atoms. The van der Waals surface area contributed by atoms with Gasteiger partial charge in [-0.3, -0.25) is 14.9 Å². The lowest BCUT2D eigenvalue weighted by Gasteiger charge is -2.32. The molecule has 0 radical (unpaired) electrons. The van der Waals surface area contributed by atoms with Crippen LogP contribution in [0.5, 0.6) is 0 Å². The zero-order valence-corrected chi connectivity index (χ0v) is 20.7. The lowest BCUT2D eigenvalue weighted by Crippen LogP contribution is -2.51. The molecule has 1 atom stereocenters. The Labute approximate surface area is 215 Å². The van der Waals surface area contributed by atoms with E-state index in [0.29, 0.717) is 25.9 Å². The van der Waals surface area contributed by atoms with Crippen LogP contribution in [0.2, 0.25) is 0 Å². The van der Waals surface area contributed by atoms with Crippen LogP contribution in [0.15, 0.2) is 66.7 Å². The van der Waals surface area contributed by atoms with Crippen LogP contribution in [0.4, 0.5) is 21.9 Å². The van der Waals surface area contributed by atoms with Crippen LogP contribution in [-0.4, -0.2) is 36.6 Å². The summed E-state index contributed by atoms with van der Waals surface area (Å²) in [6.07, 6.45) is 1.64. The average Bonchev–Trinajstić information content (AvgIpc) is 3.35. The van der Waals surface area contributed by atoms with E-state index in [1.807, 2.05) is 36.4 Å². The van der Waals surface area contributed by atoms with Crippen molar-refractivity contribution in [2.75, 3.05) is 28.3 Å². The molecule has 188 valence electrons. The number of para-hydroxylation sites is 1. The Morgan fingerprint density at radius 1 is 1.00 bits per heavy atom. The molecule has 1 spiro atoms. The van der Waals surface area contributed by atoms with E-state index in [0.717, 1.165) is 40.3 Å². The first kappa shape index (κ1) is 23.1. The Kier molecular flexibility index (Phi) is 5.59. The number of imide groups is 1. The highest BCUT2D eigenvalue weighted by atomic mass is 16.2. The van der Waals surface area contributed by atoms with Crippen LogP contribution in [-0.2, 0) is 29.0 Å². The molecule has 6 rings (SSSR count). The number of nitrogens with one attached hydrogen (secondary N) is 3. The predicted octanol–water partition coefficient (Wildman–Crippen LogP) is 3.48. The zero-order chi connectivity index (χ0) is 25.6. The van der Waals surface area contributed by atoms with Crippen molar-refractivity contribution in [1.82, 2.24) is 10.6 Å². The topological polar surface area (TPSA) is 93.8 Å². The normalized spacial score (nSPS) is 19.9. The monoisotopic (exact) mass is 495 g/mol. The molecule has 4 amide bonds. The van der Waals surface area contributed by atoms with Gasteiger partial charge in [0.2, 0.25) is 5.91 Å². The van der Waals surface area contributed by atoms with Crippen LogP contribution < -0.4 is 25.8 Å². The van der Waals surface area contributed by atoms with Gasteiger partial charge in [-0.1, -0.05) is 48.5 Å². The van der Waals surface area contributed by atoms with E-state index < -0.39 is 11.6 Å².